The van der Waals surface area contributed by atoms with Crippen molar-refractivity contribution < 1.29 is 24.0 Å². The fourth-order valence-corrected chi connectivity index (χ4v) is 4.16. The molecule has 142 valence electrons. The molecule has 26 heavy (non-hydrogen) atoms. The van der Waals surface area contributed by atoms with E-state index >= 15 is 0 Å². The van der Waals surface area contributed by atoms with Gasteiger partial charge in [0.05, 0.1) is 11.5 Å². The van der Waals surface area contributed by atoms with E-state index in [1.807, 2.05) is 0 Å². The van der Waals surface area contributed by atoms with Crippen molar-refractivity contribution in [1.82, 2.24) is 15.0 Å². The zero-order chi connectivity index (χ0) is 19.1. The molecule has 0 saturated carbocycles. The SMILES string of the molecule is CC(C)Cc1cc(C(=O)N2CCC3(CC2)[C@H](C(=O)O)CC(=O)N3C)no1. The Morgan fingerprint density at radius 2 is 2.04 bits per heavy atom. The highest BCUT2D eigenvalue weighted by molar-refractivity contribution is 5.92. The van der Waals surface area contributed by atoms with Crippen LogP contribution in [-0.4, -0.2) is 63.5 Å². The van der Waals surface area contributed by atoms with E-state index in [9.17, 15) is 19.5 Å². The van der Waals surface area contributed by atoms with Gasteiger partial charge in [-0.2, -0.15) is 0 Å². The molecular formula is C18H25N3O5. The zero-order valence-corrected chi connectivity index (χ0v) is 15.4. The summed E-state index contributed by atoms with van der Waals surface area (Å²) in [4.78, 5) is 39.6. The van der Waals surface area contributed by atoms with Gasteiger partial charge in [-0.05, 0) is 18.8 Å². The third-order valence-corrected chi connectivity index (χ3v) is 5.67. The molecule has 1 N–H and O–H groups in total. The highest BCUT2D eigenvalue weighted by Gasteiger charge is 2.55. The second-order valence-electron chi connectivity index (χ2n) is 7.72. The summed E-state index contributed by atoms with van der Waals surface area (Å²) >= 11 is 0. The van der Waals surface area contributed by atoms with E-state index in [4.69, 9.17) is 4.52 Å². The lowest BCUT2D eigenvalue weighted by atomic mass is 9.77. The Hall–Kier alpha value is -2.38. The molecule has 2 amide bonds. The Kier molecular flexibility index (Phi) is 4.77. The zero-order valence-electron chi connectivity index (χ0n) is 15.4. The highest BCUT2D eigenvalue weighted by Crippen LogP contribution is 2.42. The van der Waals surface area contributed by atoms with Gasteiger partial charge < -0.3 is 19.4 Å². The Morgan fingerprint density at radius 3 is 2.62 bits per heavy atom. The maximum absolute atomic E-state index is 12.7. The molecule has 0 bridgehead atoms. The minimum Gasteiger partial charge on any atom is -0.481 e. The highest BCUT2D eigenvalue weighted by atomic mass is 16.5. The van der Waals surface area contributed by atoms with E-state index in [1.54, 1.807) is 22.9 Å². The van der Waals surface area contributed by atoms with Crippen LogP contribution in [0.25, 0.3) is 0 Å². The molecule has 1 aromatic rings. The Bertz CT molecular complexity index is 718. The lowest BCUT2D eigenvalue weighted by Crippen LogP contribution is -2.57. The number of piperidine rings is 1. The molecule has 0 unspecified atom stereocenters. The van der Waals surface area contributed by atoms with Gasteiger partial charge in [0.2, 0.25) is 5.91 Å². The van der Waals surface area contributed by atoms with Crippen LogP contribution in [0.1, 0.15) is 49.4 Å². The monoisotopic (exact) mass is 363 g/mol. The van der Waals surface area contributed by atoms with Crippen molar-refractivity contribution in [3.8, 4) is 0 Å². The van der Waals surface area contributed by atoms with E-state index in [2.05, 4.69) is 19.0 Å². The first-order valence-corrected chi connectivity index (χ1v) is 8.99. The molecule has 3 heterocycles. The molecule has 1 spiro atoms. The van der Waals surface area contributed by atoms with Gasteiger partial charge in [0.1, 0.15) is 5.76 Å². The number of hydrogen-bond donors (Lipinski definition) is 1. The van der Waals surface area contributed by atoms with Gasteiger partial charge in [-0.3, -0.25) is 14.4 Å². The molecular weight excluding hydrogens is 338 g/mol. The first-order valence-electron chi connectivity index (χ1n) is 8.99. The lowest BCUT2D eigenvalue weighted by molar-refractivity contribution is -0.145. The van der Waals surface area contributed by atoms with Gasteiger partial charge in [0.25, 0.3) is 5.91 Å². The van der Waals surface area contributed by atoms with Gasteiger partial charge >= 0.3 is 5.97 Å². The first-order chi connectivity index (χ1) is 12.2. The van der Waals surface area contributed by atoms with E-state index < -0.39 is 17.4 Å². The minimum atomic E-state index is -0.947. The third kappa shape index (κ3) is 3.08. The van der Waals surface area contributed by atoms with Gasteiger partial charge in [0, 0.05) is 39.0 Å². The minimum absolute atomic E-state index is 0.0294. The van der Waals surface area contributed by atoms with Crippen molar-refractivity contribution in [2.24, 2.45) is 11.8 Å². The third-order valence-electron chi connectivity index (χ3n) is 5.67. The number of nitrogens with zero attached hydrogens (tertiary/aromatic N) is 3. The number of carboxylic acids is 1. The van der Waals surface area contributed by atoms with Crippen molar-refractivity contribution in [3.63, 3.8) is 0 Å². The molecule has 0 aliphatic carbocycles. The van der Waals surface area contributed by atoms with E-state index in [1.165, 1.54) is 0 Å². The van der Waals surface area contributed by atoms with E-state index in [-0.39, 0.29) is 23.9 Å². The van der Waals surface area contributed by atoms with Gasteiger partial charge in [-0.1, -0.05) is 19.0 Å². The van der Waals surface area contributed by atoms with Crippen LogP contribution in [0.5, 0.6) is 0 Å². The van der Waals surface area contributed by atoms with Crippen LogP contribution < -0.4 is 0 Å². The van der Waals surface area contributed by atoms with E-state index in [0.717, 1.165) is 6.42 Å². The maximum atomic E-state index is 12.7. The second-order valence-corrected chi connectivity index (χ2v) is 7.72. The average molecular weight is 363 g/mol. The van der Waals surface area contributed by atoms with Crippen molar-refractivity contribution in [2.45, 2.75) is 45.1 Å². The average Bonchev–Trinajstić information content (AvgIpc) is 3.13. The predicted molar refractivity (Wildman–Crippen MR) is 91.4 cm³/mol. The number of carbonyl (C=O) groups is 3. The lowest BCUT2D eigenvalue weighted by Gasteiger charge is -2.45. The summed E-state index contributed by atoms with van der Waals surface area (Å²) in [5.74, 6) is -0.934. The van der Waals surface area contributed by atoms with Gasteiger partial charge in [-0.15, -0.1) is 0 Å². The number of aliphatic carboxylic acids is 1. The summed E-state index contributed by atoms with van der Waals surface area (Å²) in [6.45, 7) is 4.91. The smallest absolute Gasteiger partial charge is 0.309 e. The first kappa shape index (κ1) is 18.4. The molecule has 3 rings (SSSR count). The molecule has 8 nitrogen and oxygen atoms in total. The molecule has 0 radical (unpaired) electrons. The van der Waals surface area contributed by atoms with Gasteiger partial charge in [-0.25, -0.2) is 0 Å². The summed E-state index contributed by atoms with van der Waals surface area (Å²) in [7, 11) is 1.67. The van der Waals surface area contributed by atoms with Crippen molar-refractivity contribution in [3.05, 3.63) is 17.5 Å². The number of rotatable bonds is 4. The molecule has 2 aliphatic rings. The summed E-state index contributed by atoms with van der Waals surface area (Å²) in [6, 6.07) is 1.68. The fourth-order valence-electron chi connectivity index (χ4n) is 4.16. The number of hydrogen-bond acceptors (Lipinski definition) is 5. The van der Waals surface area contributed by atoms with Crippen LogP contribution in [0.3, 0.4) is 0 Å². The molecule has 8 heteroatoms. The normalized spacial score (nSPS) is 22.5. The maximum Gasteiger partial charge on any atom is 0.309 e. The summed E-state index contributed by atoms with van der Waals surface area (Å²) in [5.41, 5.74) is -0.422. The quantitative estimate of drug-likeness (QED) is 0.867. The Balaban J connectivity index is 1.69. The van der Waals surface area contributed by atoms with Crippen LogP contribution >= 0.6 is 0 Å². The second kappa shape index (κ2) is 6.74. The largest absolute Gasteiger partial charge is 0.481 e. The summed E-state index contributed by atoms with van der Waals surface area (Å²) in [6.07, 6.45) is 1.65. The van der Waals surface area contributed by atoms with Crippen LogP contribution in [0.2, 0.25) is 0 Å². The standard InChI is InChI=1S/C18H25N3O5/c1-11(2)8-12-9-14(19-26-12)16(23)21-6-4-18(5-7-21)13(17(24)25)10-15(22)20(18)3/h9,11,13H,4-8,10H2,1-3H3,(H,24,25)/t13-/m0/s1. The molecule has 0 aromatic carbocycles. The fraction of sp³-hybridized carbons (Fsp3) is 0.667. The topological polar surface area (TPSA) is 104 Å². The number of aromatic nitrogens is 1. The number of amides is 2. The molecule has 2 aliphatic heterocycles. The summed E-state index contributed by atoms with van der Waals surface area (Å²) in [5, 5.41) is 13.4. The van der Waals surface area contributed by atoms with Crippen molar-refractivity contribution in [1.29, 1.82) is 0 Å². The molecule has 2 fully saturated rings. The molecule has 1 atom stereocenters. The van der Waals surface area contributed by atoms with E-state index in [0.29, 0.717) is 37.6 Å². The number of carbonyl (C=O) groups excluding carboxylic acids is 2. The van der Waals surface area contributed by atoms with Crippen LogP contribution in [0.15, 0.2) is 10.6 Å². The van der Waals surface area contributed by atoms with Crippen molar-refractivity contribution >= 4 is 17.8 Å². The van der Waals surface area contributed by atoms with Crippen molar-refractivity contribution in [2.75, 3.05) is 20.1 Å². The predicted octanol–water partition coefficient (Wildman–Crippen LogP) is 1.41. The Morgan fingerprint density at radius 1 is 1.38 bits per heavy atom. The molecule has 1 aromatic heterocycles. The number of carboxylic acid groups (broad SMARTS) is 1. The Labute approximate surface area is 152 Å². The molecule has 2 saturated heterocycles. The number of likely N-dealkylation sites (tertiary alicyclic amines) is 2. The van der Waals surface area contributed by atoms with Crippen LogP contribution in [-0.2, 0) is 16.0 Å². The summed E-state index contributed by atoms with van der Waals surface area (Å²) < 4.78 is 5.23. The van der Waals surface area contributed by atoms with Crippen LogP contribution in [0, 0.1) is 11.8 Å². The van der Waals surface area contributed by atoms with Gasteiger partial charge in [0.15, 0.2) is 5.69 Å². The van der Waals surface area contributed by atoms with Crippen LogP contribution in [0.4, 0.5) is 0 Å².